The van der Waals surface area contributed by atoms with E-state index in [1.54, 1.807) is 0 Å². The Hall–Kier alpha value is -7.62. The van der Waals surface area contributed by atoms with Gasteiger partial charge in [0.25, 0.3) is 0 Å². The largest absolute Gasteiger partial charge is 0.317 e. The SMILES string of the molecule is C=C/C(=C\C)c1ccc(N(c2ccc(-c3ccccc3)cc2)c2ccc(-c3ccc4c(c3)c3c5ccn(-c6ccccc6)c5ccc3n4-c3ccccc3)cc2)cc1. The van der Waals surface area contributed by atoms with Gasteiger partial charge < -0.3 is 14.0 Å². The zero-order valence-corrected chi connectivity index (χ0v) is 32.3. The minimum absolute atomic E-state index is 1.09. The molecule has 0 radical (unpaired) electrons. The number of nitrogens with zero attached hydrogens (tertiary/aromatic N) is 3. The van der Waals surface area contributed by atoms with E-state index in [0.29, 0.717) is 0 Å². The van der Waals surface area contributed by atoms with Crippen LogP contribution in [0.2, 0.25) is 0 Å². The van der Waals surface area contributed by atoms with Crippen LogP contribution in [0.1, 0.15) is 12.5 Å². The Bertz CT molecular complexity index is 3080. The number of benzene rings is 8. The Morgan fingerprint density at radius 3 is 1.57 bits per heavy atom. The van der Waals surface area contributed by atoms with Crippen molar-refractivity contribution in [1.29, 1.82) is 0 Å². The predicted molar refractivity (Wildman–Crippen MR) is 247 cm³/mol. The second-order valence-corrected chi connectivity index (χ2v) is 14.6. The van der Waals surface area contributed by atoms with Gasteiger partial charge in [0.1, 0.15) is 0 Å². The molecule has 58 heavy (non-hydrogen) atoms. The Kier molecular flexibility index (Phi) is 8.89. The van der Waals surface area contributed by atoms with E-state index < -0.39 is 0 Å². The minimum Gasteiger partial charge on any atom is -0.317 e. The standard InChI is InChI=1S/C55H41N3/c1-3-39(4-2)41-20-27-47(28-21-41)57(48-29-22-42(23-30-48)40-14-8-5-9-15-40)49-31-24-43(25-32-49)44-26-33-53-51(38-44)55-50-36-37-56(45-16-10-6-11-17-45)52(50)34-35-54(55)58(53)46-18-12-7-13-19-46/h3-38H,1H2,2H3/b39-4+. The summed E-state index contributed by atoms with van der Waals surface area (Å²) in [4.78, 5) is 2.33. The van der Waals surface area contributed by atoms with Crippen LogP contribution >= 0.6 is 0 Å². The lowest BCUT2D eigenvalue weighted by Gasteiger charge is -2.26. The van der Waals surface area contributed by atoms with Gasteiger partial charge in [-0.05, 0) is 131 Å². The number of hydrogen-bond donors (Lipinski definition) is 0. The monoisotopic (exact) mass is 743 g/mol. The Morgan fingerprint density at radius 1 is 0.466 bits per heavy atom. The average Bonchev–Trinajstić information content (AvgIpc) is 3.88. The van der Waals surface area contributed by atoms with Gasteiger partial charge in [0.2, 0.25) is 0 Å². The van der Waals surface area contributed by atoms with Crippen LogP contribution in [-0.4, -0.2) is 9.13 Å². The lowest BCUT2D eigenvalue weighted by molar-refractivity contribution is 1.13. The highest BCUT2D eigenvalue weighted by molar-refractivity contribution is 6.21. The third kappa shape index (κ3) is 6.10. The number of rotatable bonds is 9. The molecule has 0 unspecified atom stereocenters. The number of allylic oxidation sites excluding steroid dienone is 3. The van der Waals surface area contributed by atoms with Gasteiger partial charge >= 0.3 is 0 Å². The molecule has 0 saturated carbocycles. The maximum Gasteiger partial charge on any atom is 0.0548 e. The van der Waals surface area contributed by atoms with Crippen molar-refractivity contribution in [3.05, 3.63) is 231 Å². The first-order valence-electron chi connectivity index (χ1n) is 19.8. The third-order valence-corrected chi connectivity index (χ3v) is 11.3. The molecule has 3 heteroatoms. The van der Waals surface area contributed by atoms with Crippen molar-refractivity contribution in [2.45, 2.75) is 6.92 Å². The normalized spacial score (nSPS) is 11.7. The molecule has 276 valence electrons. The number of anilines is 3. The summed E-state index contributed by atoms with van der Waals surface area (Å²) >= 11 is 0. The molecule has 0 aliphatic heterocycles. The fourth-order valence-electron chi connectivity index (χ4n) is 8.47. The van der Waals surface area contributed by atoms with E-state index in [1.807, 2.05) is 6.08 Å². The third-order valence-electron chi connectivity index (χ3n) is 11.3. The van der Waals surface area contributed by atoms with Gasteiger partial charge in [-0.1, -0.05) is 128 Å². The van der Waals surface area contributed by atoms with Crippen LogP contribution in [0.25, 0.3) is 71.9 Å². The highest BCUT2D eigenvalue weighted by Crippen LogP contribution is 2.41. The molecule has 0 aliphatic rings. The molecule has 0 saturated heterocycles. The van der Waals surface area contributed by atoms with Crippen molar-refractivity contribution in [3.63, 3.8) is 0 Å². The van der Waals surface area contributed by atoms with Crippen molar-refractivity contribution in [1.82, 2.24) is 9.13 Å². The second-order valence-electron chi connectivity index (χ2n) is 14.6. The van der Waals surface area contributed by atoms with Gasteiger partial charge in [0, 0.05) is 50.8 Å². The van der Waals surface area contributed by atoms with Gasteiger partial charge in [-0.25, -0.2) is 0 Å². The van der Waals surface area contributed by atoms with Crippen LogP contribution in [0.4, 0.5) is 17.1 Å². The van der Waals surface area contributed by atoms with E-state index in [1.165, 1.54) is 55.0 Å². The summed E-state index contributed by atoms with van der Waals surface area (Å²) < 4.78 is 4.69. The lowest BCUT2D eigenvalue weighted by atomic mass is 10.0. The van der Waals surface area contributed by atoms with Gasteiger partial charge in [-0.2, -0.15) is 0 Å². The summed E-state index contributed by atoms with van der Waals surface area (Å²) in [5.74, 6) is 0. The zero-order valence-electron chi connectivity index (χ0n) is 32.3. The van der Waals surface area contributed by atoms with Crippen LogP contribution in [0.3, 0.4) is 0 Å². The quantitative estimate of drug-likeness (QED) is 0.134. The van der Waals surface area contributed by atoms with Gasteiger partial charge in [0.15, 0.2) is 0 Å². The first-order valence-corrected chi connectivity index (χ1v) is 19.8. The number of para-hydroxylation sites is 2. The van der Waals surface area contributed by atoms with Crippen LogP contribution < -0.4 is 4.90 Å². The molecule has 2 heterocycles. The first-order chi connectivity index (χ1) is 28.7. The lowest BCUT2D eigenvalue weighted by Crippen LogP contribution is -2.09. The molecule has 0 bridgehead atoms. The average molecular weight is 744 g/mol. The second kappa shape index (κ2) is 14.8. The van der Waals surface area contributed by atoms with Crippen molar-refractivity contribution < 1.29 is 0 Å². The van der Waals surface area contributed by atoms with E-state index in [-0.39, 0.29) is 0 Å². The first kappa shape index (κ1) is 34.8. The molecule has 0 spiro atoms. The fraction of sp³-hybridized carbons (Fsp3) is 0.0182. The molecule has 0 N–H and O–H groups in total. The molecule has 0 aliphatic carbocycles. The summed E-state index contributed by atoms with van der Waals surface area (Å²) in [5.41, 5.74) is 16.2. The van der Waals surface area contributed by atoms with E-state index in [0.717, 1.165) is 39.6 Å². The van der Waals surface area contributed by atoms with E-state index in [2.05, 4.69) is 240 Å². The van der Waals surface area contributed by atoms with E-state index >= 15 is 0 Å². The Labute approximate surface area is 339 Å². The number of fused-ring (bicyclic) bond motifs is 5. The maximum atomic E-state index is 4.02. The molecule has 10 rings (SSSR count). The van der Waals surface area contributed by atoms with Crippen LogP contribution in [0, 0.1) is 0 Å². The minimum atomic E-state index is 1.09. The predicted octanol–water partition coefficient (Wildman–Crippen LogP) is 15.1. The highest BCUT2D eigenvalue weighted by atomic mass is 15.1. The molecule has 0 atom stereocenters. The van der Waals surface area contributed by atoms with Crippen LogP contribution in [0.15, 0.2) is 225 Å². The Morgan fingerprint density at radius 2 is 0.966 bits per heavy atom. The van der Waals surface area contributed by atoms with Gasteiger partial charge in [-0.3, -0.25) is 0 Å². The summed E-state index contributed by atoms with van der Waals surface area (Å²) in [5, 5.41) is 3.73. The Balaban J connectivity index is 1.08. The molecule has 10 aromatic rings. The van der Waals surface area contributed by atoms with Gasteiger partial charge in [-0.15, -0.1) is 0 Å². The highest BCUT2D eigenvalue weighted by Gasteiger charge is 2.19. The molecule has 3 nitrogen and oxygen atoms in total. The summed E-state index contributed by atoms with van der Waals surface area (Å²) in [6.07, 6.45) is 6.20. The van der Waals surface area contributed by atoms with Crippen molar-refractivity contribution in [2.24, 2.45) is 0 Å². The van der Waals surface area contributed by atoms with Crippen molar-refractivity contribution in [3.8, 4) is 33.6 Å². The molecular formula is C55H41N3. The summed E-state index contributed by atoms with van der Waals surface area (Å²) in [6, 6.07) is 72.2. The van der Waals surface area contributed by atoms with Crippen LogP contribution in [-0.2, 0) is 0 Å². The number of hydrogen-bond acceptors (Lipinski definition) is 1. The summed E-state index contributed by atoms with van der Waals surface area (Å²) in [6.45, 7) is 6.07. The zero-order chi connectivity index (χ0) is 39.0. The van der Waals surface area contributed by atoms with E-state index in [4.69, 9.17) is 0 Å². The van der Waals surface area contributed by atoms with Gasteiger partial charge in [0.05, 0.1) is 16.6 Å². The fourth-order valence-corrected chi connectivity index (χ4v) is 8.47. The van der Waals surface area contributed by atoms with Crippen molar-refractivity contribution in [2.75, 3.05) is 4.90 Å². The topological polar surface area (TPSA) is 13.1 Å². The molecule has 2 aromatic heterocycles. The van der Waals surface area contributed by atoms with Crippen LogP contribution in [0.5, 0.6) is 0 Å². The van der Waals surface area contributed by atoms with E-state index in [9.17, 15) is 0 Å². The molecule has 0 amide bonds. The number of aromatic nitrogens is 2. The molecular weight excluding hydrogens is 703 g/mol. The molecule has 8 aromatic carbocycles. The summed E-state index contributed by atoms with van der Waals surface area (Å²) in [7, 11) is 0. The maximum absolute atomic E-state index is 4.02. The smallest absolute Gasteiger partial charge is 0.0548 e. The molecule has 0 fully saturated rings. The van der Waals surface area contributed by atoms with Crippen molar-refractivity contribution >= 4 is 55.3 Å².